The standard InChI is InChI=1S/C15H18ClN3O2/c1-2-5-15(21)8-19(9-15)7-13-17-12-4-3-10(16)6-11(12)14(20)18-13/h3-4,6,21H,2,5,7-9H2,1H3,(H,17,18,20). The highest BCUT2D eigenvalue weighted by atomic mass is 35.5. The highest BCUT2D eigenvalue weighted by Gasteiger charge is 2.40. The van der Waals surface area contributed by atoms with Crippen molar-refractivity contribution in [2.24, 2.45) is 0 Å². The molecule has 1 fully saturated rings. The Morgan fingerprint density at radius 2 is 2.24 bits per heavy atom. The van der Waals surface area contributed by atoms with Crippen molar-refractivity contribution in [1.29, 1.82) is 0 Å². The van der Waals surface area contributed by atoms with Gasteiger partial charge in [0.15, 0.2) is 0 Å². The molecule has 0 saturated carbocycles. The van der Waals surface area contributed by atoms with Crippen molar-refractivity contribution in [3.63, 3.8) is 0 Å². The van der Waals surface area contributed by atoms with E-state index in [1.807, 2.05) is 0 Å². The molecule has 2 heterocycles. The molecule has 3 rings (SSSR count). The highest BCUT2D eigenvalue weighted by Crippen LogP contribution is 2.26. The molecule has 1 aromatic heterocycles. The number of nitrogens with one attached hydrogen (secondary N) is 1. The Morgan fingerprint density at radius 1 is 1.48 bits per heavy atom. The minimum absolute atomic E-state index is 0.179. The van der Waals surface area contributed by atoms with Crippen molar-refractivity contribution in [3.05, 3.63) is 39.4 Å². The van der Waals surface area contributed by atoms with Crippen LogP contribution in [0.25, 0.3) is 10.9 Å². The summed E-state index contributed by atoms with van der Waals surface area (Å²) in [6, 6.07) is 5.10. The van der Waals surface area contributed by atoms with Gasteiger partial charge < -0.3 is 10.1 Å². The molecule has 1 aromatic carbocycles. The smallest absolute Gasteiger partial charge is 0.258 e. The number of rotatable bonds is 4. The molecule has 6 heteroatoms. The molecule has 2 N–H and O–H groups in total. The quantitative estimate of drug-likeness (QED) is 0.905. The Hall–Kier alpha value is -1.43. The fourth-order valence-corrected chi connectivity index (χ4v) is 3.14. The summed E-state index contributed by atoms with van der Waals surface area (Å²) in [4.78, 5) is 21.4. The van der Waals surface area contributed by atoms with E-state index < -0.39 is 5.60 Å². The molecule has 21 heavy (non-hydrogen) atoms. The molecule has 1 aliphatic heterocycles. The van der Waals surface area contributed by atoms with Gasteiger partial charge in [-0.25, -0.2) is 4.98 Å². The summed E-state index contributed by atoms with van der Waals surface area (Å²) in [7, 11) is 0. The van der Waals surface area contributed by atoms with Crippen molar-refractivity contribution in [2.75, 3.05) is 13.1 Å². The number of aliphatic hydroxyl groups is 1. The number of aromatic amines is 1. The first-order valence-corrected chi connectivity index (χ1v) is 7.50. The lowest BCUT2D eigenvalue weighted by molar-refractivity contribution is -0.107. The Labute approximate surface area is 127 Å². The molecule has 1 saturated heterocycles. The third-order valence-corrected chi connectivity index (χ3v) is 4.08. The van der Waals surface area contributed by atoms with Gasteiger partial charge in [0, 0.05) is 18.1 Å². The minimum atomic E-state index is -0.570. The maximum atomic E-state index is 12.0. The molecular weight excluding hydrogens is 290 g/mol. The van der Waals surface area contributed by atoms with Gasteiger partial charge in [0.1, 0.15) is 5.82 Å². The lowest BCUT2D eigenvalue weighted by Gasteiger charge is -2.46. The molecule has 0 spiro atoms. The molecule has 0 radical (unpaired) electrons. The van der Waals surface area contributed by atoms with E-state index in [4.69, 9.17) is 11.6 Å². The van der Waals surface area contributed by atoms with E-state index in [0.29, 0.717) is 41.4 Å². The van der Waals surface area contributed by atoms with Crippen LogP contribution in [0.3, 0.4) is 0 Å². The zero-order valence-corrected chi connectivity index (χ0v) is 12.7. The van der Waals surface area contributed by atoms with Crippen LogP contribution in [-0.2, 0) is 6.54 Å². The number of aromatic nitrogens is 2. The van der Waals surface area contributed by atoms with Crippen LogP contribution in [0.2, 0.25) is 5.02 Å². The zero-order valence-electron chi connectivity index (χ0n) is 11.9. The monoisotopic (exact) mass is 307 g/mol. The molecular formula is C15H18ClN3O2. The summed E-state index contributed by atoms with van der Waals surface area (Å²) in [6.45, 7) is 3.86. The first-order chi connectivity index (χ1) is 9.99. The van der Waals surface area contributed by atoms with Crippen LogP contribution in [-0.4, -0.2) is 38.7 Å². The van der Waals surface area contributed by atoms with Crippen LogP contribution in [0.15, 0.2) is 23.0 Å². The van der Waals surface area contributed by atoms with Gasteiger partial charge in [-0.15, -0.1) is 0 Å². The summed E-state index contributed by atoms with van der Waals surface area (Å²) in [5.74, 6) is 0.619. The Kier molecular flexibility index (Phi) is 3.73. The van der Waals surface area contributed by atoms with Crippen LogP contribution in [0.1, 0.15) is 25.6 Å². The Morgan fingerprint density at radius 3 is 2.95 bits per heavy atom. The number of H-pyrrole nitrogens is 1. The average molecular weight is 308 g/mol. The van der Waals surface area contributed by atoms with Crippen LogP contribution < -0.4 is 5.56 Å². The molecule has 0 amide bonds. The van der Waals surface area contributed by atoms with Crippen molar-refractivity contribution in [2.45, 2.75) is 31.9 Å². The van der Waals surface area contributed by atoms with Gasteiger partial charge >= 0.3 is 0 Å². The second-order valence-corrected chi connectivity index (χ2v) is 6.23. The zero-order chi connectivity index (χ0) is 15.0. The topological polar surface area (TPSA) is 69.2 Å². The van der Waals surface area contributed by atoms with E-state index in [1.54, 1.807) is 18.2 Å². The fraction of sp³-hybridized carbons (Fsp3) is 0.467. The number of likely N-dealkylation sites (tertiary alicyclic amines) is 1. The molecule has 0 bridgehead atoms. The van der Waals surface area contributed by atoms with Gasteiger partial charge in [-0.3, -0.25) is 9.69 Å². The molecule has 5 nitrogen and oxygen atoms in total. The molecule has 1 aliphatic rings. The third kappa shape index (κ3) is 2.95. The summed E-state index contributed by atoms with van der Waals surface area (Å²) in [5, 5.41) is 11.2. The second kappa shape index (κ2) is 5.40. The van der Waals surface area contributed by atoms with Crippen LogP contribution in [0.4, 0.5) is 0 Å². The van der Waals surface area contributed by atoms with Gasteiger partial charge in [-0.1, -0.05) is 24.9 Å². The predicted octanol–water partition coefficient (Wildman–Crippen LogP) is 1.92. The van der Waals surface area contributed by atoms with Crippen LogP contribution in [0, 0.1) is 0 Å². The van der Waals surface area contributed by atoms with Gasteiger partial charge in [-0.05, 0) is 24.6 Å². The Bertz CT molecular complexity index is 722. The highest BCUT2D eigenvalue weighted by molar-refractivity contribution is 6.31. The van der Waals surface area contributed by atoms with Gasteiger partial charge in [0.05, 0.1) is 23.0 Å². The minimum Gasteiger partial charge on any atom is -0.387 e. The number of β-amino-alcohol motifs (C(OH)–C–C–N with tert-alkyl or cyclic N) is 1. The second-order valence-electron chi connectivity index (χ2n) is 5.79. The van der Waals surface area contributed by atoms with E-state index in [0.717, 1.165) is 12.8 Å². The average Bonchev–Trinajstić information content (AvgIpc) is 2.38. The lowest BCUT2D eigenvalue weighted by Crippen LogP contribution is -2.61. The number of benzene rings is 1. The van der Waals surface area contributed by atoms with E-state index >= 15 is 0 Å². The Balaban J connectivity index is 1.77. The predicted molar refractivity (Wildman–Crippen MR) is 82.5 cm³/mol. The SMILES string of the molecule is CCCC1(O)CN(Cc2nc3ccc(Cl)cc3c(=O)[nH]2)C1. The van der Waals surface area contributed by atoms with Gasteiger partial charge in [-0.2, -0.15) is 0 Å². The number of halogens is 1. The summed E-state index contributed by atoms with van der Waals surface area (Å²) in [5.41, 5.74) is -0.108. The number of fused-ring (bicyclic) bond motifs is 1. The van der Waals surface area contributed by atoms with Crippen LogP contribution >= 0.6 is 11.6 Å². The first-order valence-electron chi connectivity index (χ1n) is 7.12. The normalized spacial score (nSPS) is 17.9. The van der Waals surface area contributed by atoms with Gasteiger partial charge in [0.25, 0.3) is 5.56 Å². The van der Waals surface area contributed by atoms with Crippen LogP contribution in [0.5, 0.6) is 0 Å². The maximum absolute atomic E-state index is 12.0. The van der Waals surface area contributed by atoms with Crippen molar-refractivity contribution < 1.29 is 5.11 Å². The number of hydrogen-bond donors (Lipinski definition) is 2. The van der Waals surface area contributed by atoms with E-state index in [1.165, 1.54) is 0 Å². The third-order valence-electron chi connectivity index (χ3n) is 3.84. The molecule has 112 valence electrons. The number of nitrogens with zero attached hydrogens (tertiary/aromatic N) is 2. The fourth-order valence-electron chi connectivity index (χ4n) is 2.97. The largest absolute Gasteiger partial charge is 0.387 e. The molecule has 2 aromatic rings. The van der Waals surface area contributed by atoms with E-state index in [9.17, 15) is 9.90 Å². The lowest BCUT2D eigenvalue weighted by atomic mass is 9.89. The summed E-state index contributed by atoms with van der Waals surface area (Å²) < 4.78 is 0. The van der Waals surface area contributed by atoms with E-state index in [2.05, 4.69) is 21.8 Å². The summed E-state index contributed by atoms with van der Waals surface area (Å²) in [6.07, 6.45) is 1.78. The summed E-state index contributed by atoms with van der Waals surface area (Å²) >= 11 is 5.89. The van der Waals surface area contributed by atoms with E-state index in [-0.39, 0.29) is 5.56 Å². The molecule has 0 atom stereocenters. The van der Waals surface area contributed by atoms with Gasteiger partial charge in [0.2, 0.25) is 0 Å². The first kappa shape index (κ1) is 14.5. The number of hydrogen-bond acceptors (Lipinski definition) is 4. The maximum Gasteiger partial charge on any atom is 0.258 e. The van der Waals surface area contributed by atoms with Crippen molar-refractivity contribution in [3.8, 4) is 0 Å². The molecule has 0 unspecified atom stereocenters. The van der Waals surface area contributed by atoms with Crippen molar-refractivity contribution >= 4 is 22.5 Å². The van der Waals surface area contributed by atoms with Crippen molar-refractivity contribution in [1.82, 2.24) is 14.9 Å². The molecule has 0 aliphatic carbocycles.